The molecule has 1 heterocycles. The number of hydrogen-bond acceptors (Lipinski definition) is 2. The van der Waals surface area contributed by atoms with Gasteiger partial charge in [0, 0.05) is 41.9 Å². The molecule has 0 radical (unpaired) electrons. The Balaban J connectivity index is 2.81. The summed E-state index contributed by atoms with van der Waals surface area (Å²) < 4.78 is 7.48. The summed E-state index contributed by atoms with van der Waals surface area (Å²) in [6.45, 7) is 4.25. The molecule has 4 heteroatoms. The van der Waals surface area contributed by atoms with Gasteiger partial charge in [0.2, 0.25) is 0 Å². The maximum absolute atomic E-state index is 5.28. The molecule has 0 N–H and O–H groups in total. The van der Waals surface area contributed by atoms with Crippen LogP contribution in [0, 0.1) is 13.8 Å². The van der Waals surface area contributed by atoms with Crippen LogP contribution in [-0.4, -0.2) is 11.1 Å². The Labute approximate surface area is 106 Å². The number of aromatic nitrogens is 1. The number of nitrogens with zero attached hydrogens (tertiary/aromatic N) is 1. The van der Waals surface area contributed by atoms with Gasteiger partial charge in [0.15, 0.2) is 0 Å². The van der Waals surface area contributed by atoms with Crippen LogP contribution in [0.5, 0.6) is 5.75 Å². The summed E-state index contributed by atoms with van der Waals surface area (Å²) in [5.41, 5.74) is 3.82. The maximum Gasteiger partial charge on any atom is 0.119 e. The predicted octanol–water partition coefficient (Wildman–Crippen LogP) is 4.11. The first kappa shape index (κ1) is 11.1. The number of methoxy groups -OCH3 is 1. The lowest BCUT2D eigenvalue weighted by atomic mass is 10.1. The van der Waals surface area contributed by atoms with Crippen molar-refractivity contribution in [2.24, 2.45) is 0 Å². The number of fused-ring (bicyclic) bond motifs is 1. The van der Waals surface area contributed by atoms with E-state index in [2.05, 4.69) is 57.4 Å². The van der Waals surface area contributed by atoms with Gasteiger partial charge in [-0.1, -0.05) is 0 Å². The van der Waals surface area contributed by atoms with Crippen molar-refractivity contribution < 1.29 is 4.74 Å². The van der Waals surface area contributed by atoms with Crippen molar-refractivity contribution in [3.63, 3.8) is 0 Å². The molecule has 80 valence electrons. The van der Waals surface area contributed by atoms with Gasteiger partial charge >= 0.3 is 0 Å². The number of benzene rings is 1. The van der Waals surface area contributed by atoms with Crippen LogP contribution < -0.4 is 4.74 Å². The van der Waals surface area contributed by atoms with E-state index < -0.39 is 0 Å². The number of halogens is 1. The van der Waals surface area contributed by atoms with Crippen molar-refractivity contribution >= 4 is 41.2 Å². The summed E-state index contributed by atoms with van der Waals surface area (Å²) in [7, 11) is 3.40. The minimum Gasteiger partial charge on any atom is -0.497 e. The molecule has 0 fully saturated rings. The smallest absolute Gasteiger partial charge is 0.119 e. The lowest BCUT2D eigenvalue weighted by Crippen LogP contribution is -1.87. The monoisotopic (exact) mass is 333 g/mol. The molecule has 0 spiro atoms. The van der Waals surface area contributed by atoms with E-state index in [1.54, 1.807) is 16.2 Å². The third kappa shape index (κ3) is 1.85. The molecule has 0 aliphatic carbocycles. The van der Waals surface area contributed by atoms with Crippen LogP contribution in [0.15, 0.2) is 18.3 Å². The normalized spacial score (nSPS) is 10.9. The average Bonchev–Trinajstić information content (AvgIpc) is 2.56. The quantitative estimate of drug-likeness (QED) is 0.768. The second kappa shape index (κ2) is 4.25. The Hall–Kier alpha value is -0.360. The molecule has 0 bridgehead atoms. The van der Waals surface area contributed by atoms with E-state index in [9.17, 15) is 0 Å². The summed E-state index contributed by atoms with van der Waals surface area (Å²) in [6, 6.07) is 4.17. The van der Waals surface area contributed by atoms with Crippen LogP contribution in [-0.2, 0) is 0 Å². The van der Waals surface area contributed by atoms with E-state index in [1.165, 1.54) is 22.0 Å². The zero-order valence-electron chi connectivity index (χ0n) is 8.87. The minimum atomic E-state index is 0.930. The lowest BCUT2D eigenvalue weighted by molar-refractivity contribution is 0.415. The number of ether oxygens (including phenoxy) is 1. The molecule has 2 aromatic rings. The zero-order valence-corrected chi connectivity index (χ0v) is 11.8. The van der Waals surface area contributed by atoms with Crippen molar-refractivity contribution in [1.29, 1.82) is 0 Å². The first-order valence-electron chi connectivity index (χ1n) is 4.62. The van der Waals surface area contributed by atoms with E-state index in [1.807, 2.05) is 0 Å². The van der Waals surface area contributed by atoms with Crippen LogP contribution in [0.2, 0.25) is 0 Å². The van der Waals surface area contributed by atoms with Crippen LogP contribution in [0.25, 0.3) is 10.9 Å². The molecule has 0 amide bonds. The molecule has 2 nitrogen and oxygen atoms in total. The first-order chi connectivity index (χ1) is 7.17. The molecule has 0 saturated carbocycles. The fourth-order valence-electron chi connectivity index (χ4n) is 1.82. The number of rotatable bonds is 2. The van der Waals surface area contributed by atoms with Crippen molar-refractivity contribution in [3.8, 4) is 5.75 Å². The van der Waals surface area contributed by atoms with Crippen molar-refractivity contribution in [2.45, 2.75) is 13.8 Å². The fourth-order valence-corrected chi connectivity index (χ4v) is 3.26. The molecule has 0 saturated heterocycles. The second-order valence-corrected chi connectivity index (χ2v) is 5.26. The largest absolute Gasteiger partial charge is 0.497 e. The van der Waals surface area contributed by atoms with E-state index in [-0.39, 0.29) is 0 Å². The van der Waals surface area contributed by atoms with Gasteiger partial charge in [-0.25, -0.2) is 0 Å². The van der Waals surface area contributed by atoms with Gasteiger partial charge in [-0.15, -0.1) is 0 Å². The molecular weight excluding hydrogens is 321 g/mol. The Morgan fingerprint density at radius 2 is 2.00 bits per heavy atom. The maximum atomic E-state index is 5.28. The molecule has 0 aliphatic rings. The van der Waals surface area contributed by atoms with E-state index in [0.717, 1.165) is 5.75 Å². The summed E-state index contributed by atoms with van der Waals surface area (Å²) in [6.07, 6.45) is 2.16. The molecule has 15 heavy (non-hydrogen) atoms. The second-order valence-electron chi connectivity index (χ2n) is 3.55. The Morgan fingerprint density at radius 1 is 1.27 bits per heavy atom. The van der Waals surface area contributed by atoms with Crippen LogP contribution in [0.3, 0.4) is 0 Å². The first-order valence-corrected chi connectivity index (χ1v) is 7.94. The average molecular weight is 333 g/mol. The minimum absolute atomic E-state index is 0.930. The summed E-state index contributed by atoms with van der Waals surface area (Å²) in [5.74, 6) is 0.930. The molecule has 1 aromatic heterocycles. The highest BCUT2D eigenvalue weighted by molar-refractivity contribution is 14.2. The third-order valence-corrected chi connectivity index (χ3v) is 4.25. The molecule has 0 atom stereocenters. The molecule has 2 rings (SSSR count). The van der Waals surface area contributed by atoms with Crippen LogP contribution >= 0.6 is 30.3 Å². The highest BCUT2D eigenvalue weighted by Gasteiger charge is 2.09. The summed E-state index contributed by atoms with van der Waals surface area (Å²) >= 11 is 2.30. The van der Waals surface area contributed by atoms with Gasteiger partial charge in [0.1, 0.15) is 5.75 Å². The molecule has 0 unspecified atom stereocenters. The predicted molar refractivity (Wildman–Crippen MR) is 75.0 cm³/mol. The standard InChI is InChI=1S/C11H12INOS/c1-7-4-9(14-3)5-10-8(2)6-13(15-12)11(7)10/h4-6H,1-3H3. The van der Waals surface area contributed by atoms with Gasteiger partial charge < -0.3 is 4.74 Å². The van der Waals surface area contributed by atoms with E-state index >= 15 is 0 Å². The molecule has 1 aromatic carbocycles. The Morgan fingerprint density at radius 3 is 2.60 bits per heavy atom. The third-order valence-electron chi connectivity index (χ3n) is 2.54. The van der Waals surface area contributed by atoms with Gasteiger partial charge in [-0.3, -0.25) is 3.97 Å². The topological polar surface area (TPSA) is 14.2 Å². The van der Waals surface area contributed by atoms with Gasteiger partial charge in [-0.05, 0) is 37.1 Å². The fraction of sp³-hybridized carbons (Fsp3) is 0.273. The zero-order chi connectivity index (χ0) is 11.0. The van der Waals surface area contributed by atoms with Crippen LogP contribution in [0.4, 0.5) is 0 Å². The lowest BCUT2D eigenvalue weighted by Gasteiger charge is -2.05. The highest BCUT2D eigenvalue weighted by Crippen LogP contribution is 2.33. The van der Waals surface area contributed by atoms with Crippen molar-refractivity contribution in [1.82, 2.24) is 3.97 Å². The molecular formula is C11H12INOS. The Bertz CT molecular complexity index is 507. The van der Waals surface area contributed by atoms with Gasteiger partial charge in [-0.2, -0.15) is 0 Å². The number of aryl methyl sites for hydroxylation is 2. The van der Waals surface area contributed by atoms with Gasteiger partial charge in [0.25, 0.3) is 0 Å². The van der Waals surface area contributed by atoms with Gasteiger partial charge in [0.05, 0.1) is 12.6 Å². The van der Waals surface area contributed by atoms with Crippen LogP contribution in [0.1, 0.15) is 11.1 Å². The molecule has 0 aliphatic heterocycles. The summed E-state index contributed by atoms with van der Waals surface area (Å²) in [4.78, 5) is 0. The SMILES string of the molecule is COc1cc(C)c2c(c1)c(C)cn2SI. The Kier molecular flexibility index (Phi) is 3.16. The van der Waals surface area contributed by atoms with E-state index in [4.69, 9.17) is 4.74 Å². The van der Waals surface area contributed by atoms with Crippen molar-refractivity contribution in [3.05, 3.63) is 29.5 Å². The highest BCUT2D eigenvalue weighted by atomic mass is 127. The van der Waals surface area contributed by atoms with E-state index in [0.29, 0.717) is 0 Å². The van der Waals surface area contributed by atoms with Crippen molar-refractivity contribution in [2.75, 3.05) is 7.11 Å². The summed E-state index contributed by atoms with van der Waals surface area (Å²) in [5, 5.41) is 1.27. The number of hydrogen-bond donors (Lipinski definition) is 0.